The minimum atomic E-state index is -4.62. The molecular weight excluding hydrogens is 267 g/mol. The van der Waals surface area contributed by atoms with Crippen LogP contribution in [-0.2, 0) is 4.79 Å². The molecule has 1 fully saturated rings. The summed E-state index contributed by atoms with van der Waals surface area (Å²) < 4.78 is 37.8. The average molecular weight is 285 g/mol. The molecule has 0 aliphatic carbocycles. The van der Waals surface area contributed by atoms with Crippen LogP contribution in [0.25, 0.3) is 0 Å². The van der Waals surface area contributed by atoms with Gasteiger partial charge in [-0.25, -0.2) is 0 Å². The summed E-state index contributed by atoms with van der Waals surface area (Å²) >= 11 is 1.40. The second-order valence-corrected chi connectivity index (χ2v) is 5.53. The third-order valence-corrected chi connectivity index (χ3v) is 4.46. The Morgan fingerprint density at radius 2 is 1.94 bits per heavy atom. The molecule has 1 atom stereocenters. The number of amides is 1. The van der Waals surface area contributed by atoms with Crippen LogP contribution >= 0.6 is 11.8 Å². The Labute approximate surface area is 109 Å². The van der Waals surface area contributed by atoms with Gasteiger partial charge >= 0.3 is 6.18 Å². The number of nitrogens with zero attached hydrogens (tertiary/aromatic N) is 1. The summed E-state index contributed by atoms with van der Waals surface area (Å²) in [4.78, 5) is 13.4. The summed E-state index contributed by atoms with van der Waals surface area (Å²) in [6, 6.07) is 0. The van der Waals surface area contributed by atoms with Crippen LogP contribution in [-0.4, -0.2) is 52.3 Å². The molecule has 0 bridgehead atoms. The van der Waals surface area contributed by atoms with Gasteiger partial charge in [-0.15, -0.1) is 0 Å². The first-order chi connectivity index (χ1) is 8.25. The van der Waals surface area contributed by atoms with E-state index in [4.69, 9.17) is 0 Å². The Bertz CT molecular complexity index is 297. The molecule has 1 rings (SSSR count). The van der Waals surface area contributed by atoms with Crippen LogP contribution < -0.4 is 0 Å². The zero-order valence-electron chi connectivity index (χ0n) is 10.5. The summed E-state index contributed by atoms with van der Waals surface area (Å²) in [6.45, 7) is 1.80. The summed E-state index contributed by atoms with van der Waals surface area (Å²) in [5, 5.41) is 9.29. The van der Waals surface area contributed by atoms with Crippen LogP contribution in [0, 0.1) is 0 Å². The molecule has 1 aliphatic heterocycles. The van der Waals surface area contributed by atoms with Gasteiger partial charge in [0.15, 0.2) is 5.60 Å². The molecule has 0 radical (unpaired) electrons. The summed E-state index contributed by atoms with van der Waals surface area (Å²) in [5.41, 5.74) is -2.63. The zero-order chi connectivity index (χ0) is 14.0. The number of piperidine rings is 1. The lowest BCUT2D eigenvalue weighted by molar-refractivity contribution is -0.272. The van der Waals surface area contributed by atoms with E-state index >= 15 is 0 Å². The van der Waals surface area contributed by atoms with Crippen molar-refractivity contribution in [2.24, 2.45) is 0 Å². The molecule has 1 heterocycles. The molecule has 106 valence electrons. The maximum absolute atomic E-state index is 12.6. The third kappa shape index (κ3) is 3.12. The Morgan fingerprint density at radius 1 is 1.44 bits per heavy atom. The molecule has 0 spiro atoms. The lowest BCUT2D eigenvalue weighted by atomic mass is 9.90. The molecule has 1 unspecified atom stereocenters. The van der Waals surface area contributed by atoms with E-state index in [1.54, 1.807) is 0 Å². The fourth-order valence-corrected chi connectivity index (χ4v) is 2.71. The van der Waals surface area contributed by atoms with Gasteiger partial charge in [0.2, 0.25) is 5.91 Å². The van der Waals surface area contributed by atoms with Crippen molar-refractivity contribution in [1.82, 2.24) is 4.90 Å². The van der Waals surface area contributed by atoms with Gasteiger partial charge < -0.3 is 10.0 Å². The standard InChI is InChI=1S/C11H18F3NO2S/c1-3-8(18-2)9(16)15-6-4-10(17,5-7-15)11(12,13)14/h8,17H,3-7H2,1-2H3. The van der Waals surface area contributed by atoms with Crippen LogP contribution in [0.15, 0.2) is 0 Å². The highest BCUT2D eigenvalue weighted by Gasteiger charge is 2.55. The quantitative estimate of drug-likeness (QED) is 0.862. The van der Waals surface area contributed by atoms with Gasteiger partial charge in [0, 0.05) is 25.9 Å². The number of carbonyl (C=O) groups excluding carboxylic acids is 1. The molecule has 18 heavy (non-hydrogen) atoms. The van der Waals surface area contributed by atoms with Crippen molar-refractivity contribution in [1.29, 1.82) is 0 Å². The average Bonchev–Trinajstić information content (AvgIpc) is 2.30. The first-order valence-electron chi connectivity index (χ1n) is 5.86. The molecule has 1 amide bonds. The van der Waals surface area contributed by atoms with Crippen molar-refractivity contribution in [2.75, 3.05) is 19.3 Å². The monoisotopic (exact) mass is 285 g/mol. The Morgan fingerprint density at radius 3 is 2.28 bits per heavy atom. The molecule has 7 heteroatoms. The molecule has 3 nitrogen and oxygen atoms in total. The van der Waals surface area contributed by atoms with Crippen LogP contribution in [0.2, 0.25) is 0 Å². The maximum Gasteiger partial charge on any atom is 0.417 e. The van der Waals surface area contributed by atoms with E-state index in [9.17, 15) is 23.1 Å². The second kappa shape index (κ2) is 5.69. The molecule has 1 aliphatic rings. The van der Waals surface area contributed by atoms with Crippen molar-refractivity contribution in [3.8, 4) is 0 Å². The van der Waals surface area contributed by atoms with Gasteiger partial charge in [0.05, 0.1) is 5.25 Å². The van der Waals surface area contributed by atoms with Crippen LogP contribution in [0.1, 0.15) is 26.2 Å². The number of thioether (sulfide) groups is 1. The number of rotatable bonds is 3. The fourth-order valence-electron chi connectivity index (χ4n) is 2.03. The van der Waals surface area contributed by atoms with Crippen molar-refractivity contribution in [3.05, 3.63) is 0 Å². The van der Waals surface area contributed by atoms with E-state index in [1.807, 2.05) is 13.2 Å². The molecule has 0 saturated carbocycles. The molecule has 1 N–H and O–H groups in total. The molecule has 1 saturated heterocycles. The van der Waals surface area contributed by atoms with Gasteiger partial charge in [-0.3, -0.25) is 4.79 Å². The number of hydrogen-bond donors (Lipinski definition) is 1. The highest BCUT2D eigenvalue weighted by atomic mass is 32.2. The van der Waals surface area contributed by atoms with Crippen molar-refractivity contribution >= 4 is 17.7 Å². The fraction of sp³-hybridized carbons (Fsp3) is 0.909. The Hall–Kier alpha value is -0.430. The summed E-state index contributed by atoms with van der Waals surface area (Å²) in [5.74, 6) is -0.130. The number of halogens is 3. The molecule has 0 aromatic rings. The van der Waals surface area contributed by atoms with Crippen LogP contribution in [0.3, 0.4) is 0 Å². The van der Waals surface area contributed by atoms with Gasteiger partial charge in [0.1, 0.15) is 0 Å². The lowest BCUT2D eigenvalue weighted by Crippen LogP contribution is -2.55. The predicted molar refractivity (Wildman–Crippen MR) is 64.4 cm³/mol. The number of alkyl halides is 3. The maximum atomic E-state index is 12.6. The van der Waals surface area contributed by atoms with Gasteiger partial charge in [-0.05, 0) is 12.7 Å². The SMILES string of the molecule is CCC(SC)C(=O)N1CCC(O)(C(F)(F)F)CC1. The van der Waals surface area contributed by atoms with E-state index in [0.717, 1.165) is 0 Å². The van der Waals surface area contributed by atoms with Gasteiger partial charge in [0.25, 0.3) is 0 Å². The van der Waals surface area contributed by atoms with E-state index < -0.39 is 24.6 Å². The first kappa shape index (κ1) is 15.6. The smallest absolute Gasteiger partial charge is 0.380 e. The van der Waals surface area contributed by atoms with Gasteiger partial charge in [-0.2, -0.15) is 24.9 Å². The number of carbonyl (C=O) groups is 1. The highest BCUT2D eigenvalue weighted by molar-refractivity contribution is 7.99. The van der Waals surface area contributed by atoms with Gasteiger partial charge in [-0.1, -0.05) is 6.92 Å². The summed E-state index contributed by atoms with van der Waals surface area (Å²) in [6.07, 6.45) is -3.03. The minimum absolute atomic E-state index is 0.0358. The molecule has 0 aromatic carbocycles. The second-order valence-electron chi connectivity index (χ2n) is 4.49. The first-order valence-corrected chi connectivity index (χ1v) is 7.14. The van der Waals surface area contributed by atoms with Crippen LogP contribution in [0.5, 0.6) is 0 Å². The number of likely N-dealkylation sites (tertiary alicyclic amines) is 1. The molecule has 0 aromatic heterocycles. The van der Waals surface area contributed by atoms with Crippen molar-refractivity contribution < 1.29 is 23.1 Å². The highest BCUT2D eigenvalue weighted by Crippen LogP contribution is 2.38. The van der Waals surface area contributed by atoms with Crippen molar-refractivity contribution in [3.63, 3.8) is 0 Å². The van der Waals surface area contributed by atoms with Crippen molar-refractivity contribution in [2.45, 2.75) is 43.2 Å². The number of hydrogen-bond acceptors (Lipinski definition) is 3. The molecular formula is C11H18F3NO2S. The third-order valence-electron chi connectivity index (χ3n) is 3.36. The zero-order valence-corrected chi connectivity index (χ0v) is 11.3. The van der Waals surface area contributed by atoms with E-state index in [0.29, 0.717) is 6.42 Å². The lowest BCUT2D eigenvalue weighted by Gasteiger charge is -2.39. The normalized spacial score (nSPS) is 21.8. The summed E-state index contributed by atoms with van der Waals surface area (Å²) in [7, 11) is 0. The minimum Gasteiger partial charge on any atom is -0.380 e. The Kier molecular flexibility index (Phi) is 4.94. The van der Waals surface area contributed by atoms with Crippen LogP contribution in [0.4, 0.5) is 13.2 Å². The van der Waals surface area contributed by atoms with E-state index in [-0.39, 0.29) is 24.2 Å². The number of aliphatic hydroxyl groups is 1. The topological polar surface area (TPSA) is 40.5 Å². The van der Waals surface area contributed by atoms with E-state index in [2.05, 4.69) is 0 Å². The van der Waals surface area contributed by atoms with E-state index in [1.165, 1.54) is 16.7 Å². The largest absolute Gasteiger partial charge is 0.417 e. The predicted octanol–water partition coefficient (Wildman–Crippen LogP) is 2.04. The Balaban J connectivity index is 2.62.